The molecule has 0 radical (unpaired) electrons. The van der Waals surface area contributed by atoms with Gasteiger partial charge in [-0.1, -0.05) is 41.9 Å². The molecule has 1 aliphatic carbocycles. The van der Waals surface area contributed by atoms with Gasteiger partial charge in [-0.25, -0.2) is 0 Å². The van der Waals surface area contributed by atoms with Gasteiger partial charge in [0.15, 0.2) is 5.60 Å². The van der Waals surface area contributed by atoms with Crippen LogP contribution in [-0.2, 0) is 25.5 Å². The number of halogens is 1. The van der Waals surface area contributed by atoms with Gasteiger partial charge < -0.3 is 9.47 Å². The number of carbonyl (C=O) groups is 3. The van der Waals surface area contributed by atoms with Crippen molar-refractivity contribution >= 4 is 44.5 Å². The molecule has 1 heterocycles. The summed E-state index contributed by atoms with van der Waals surface area (Å²) in [5.41, 5.74) is 3.02. The number of hydrogen-bond donors (Lipinski definition) is 2. The standard InChI is InChI=1S/C23H25BrN2O5/c1-21(2)22(3)9-10-23(21,31-20(22)29)19(28)26-25-18(27)12-16-15-7-6-14(24)11-13(15)5-8-17(16)30-4/h5-8,11H,9-10,12H2,1-4H3,(H,25,27)(H,26,28). The van der Waals surface area contributed by atoms with Crippen molar-refractivity contribution in [2.24, 2.45) is 10.8 Å². The maximum atomic E-state index is 13.0. The van der Waals surface area contributed by atoms with Gasteiger partial charge in [-0.2, -0.15) is 0 Å². The minimum Gasteiger partial charge on any atom is -0.496 e. The number of fused-ring (bicyclic) bond motifs is 3. The molecule has 1 saturated heterocycles. The lowest BCUT2D eigenvalue weighted by atomic mass is 9.66. The van der Waals surface area contributed by atoms with Crippen molar-refractivity contribution in [3.05, 3.63) is 40.4 Å². The lowest BCUT2D eigenvalue weighted by Gasteiger charge is -2.35. The van der Waals surface area contributed by atoms with Gasteiger partial charge in [-0.3, -0.25) is 25.2 Å². The largest absolute Gasteiger partial charge is 0.496 e. The quantitative estimate of drug-likeness (QED) is 0.507. The molecule has 2 atom stereocenters. The highest BCUT2D eigenvalue weighted by atomic mass is 79.9. The smallest absolute Gasteiger partial charge is 0.313 e. The summed E-state index contributed by atoms with van der Waals surface area (Å²) in [5, 5.41) is 1.85. The first-order valence-corrected chi connectivity index (χ1v) is 10.9. The van der Waals surface area contributed by atoms with E-state index in [1.54, 1.807) is 7.11 Å². The SMILES string of the molecule is COc1ccc2cc(Br)ccc2c1CC(=O)NNC(=O)C12CCC(C)(C(=O)O1)C2(C)C. The van der Waals surface area contributed by atoms with E-state index in [9.17, 15) is 14.4 Å². The minimum atomic E-state index is -1.28. The van der Waals surface area contributed by atoms with Crippen LogP contribution in [0.25, 0.3) is 10.8 Å². The minimum absolute atomic E-state index is 0.0102. The molecule has 31 heavy (non-hydrogen) atoms. The Morgan fingerprint density at radius 2 is 1.87 bits per heavy atom. The first-order valence-electron chi connectivity index (χ1n) is 10.1. The topological polar surface area (TPSA) is 93.7 Å². The molecule has 0 aromatic heterocycles. The summed E-state index contributed by atoms with van der Waals surface area (Å²) in [5.74, 6) is -0.681. The summed E-state index contributed by atoms with van der Waals surface area (Å²) in [6.45, 7) is 5.57. The summed E-state index contributed by atoms with van der Waals surface area (Å²) in [7, 11) is 1.55. The molecule has 2 bridgehead atoms. The Labute approximate surface area is 188 Å². The van der Waals surface area contributed by atoms with Crippen LogP contribution in [0.1, 0.15) is 39.2 Å². The van der Waals surface area contributed by atoms with E-state index in [-0.39, 0.29) is 12.4 Å². The van der Waals surface area contributed by atoms with Crippen LogP contribution < -0.4 is 15.6 Å². The molecular formula is C23H25BrN2O5. The van der Waals surface area contributed by atoms with Crippen LogP contribution in [0.15, 0.2) is 34.8 Å². The first kappa shape index (κ1) is 21.6. The van der Waals surface area contributed by atoms with E-state index >= 15 is 0 Å². The fourth-order valence-electron chi connectivity index (χ4n) is 4.90. The normalized spacial score (nSPS) is 25.9. The van der Waals surface area contributed by atoms with Gasteiger partial charge in [0.1, 0.15) is 5.75 Å². The number of hydrogen-bond acceptors (Lipinski definition) is 5. The van der Waals surface area contributed by atoms with Crippen LogP contribution in [0, 0.1) is 10.8 Å². The summed E-state index contributed by atoms with van der Waals surface area (Å²) in [6, 6.07) is 9.52. The lowest BCUT2D eigenvalue weighted by molar-refractivity contribution is -0.168. The zero-order chi connectivity index (χ0) is 22.6. The Bertz CT molecular complexity index is 1110. The predicted molar refractivity (Wildman–Crippen MR) is 118 cm³/mol. The fraction of sp³-hybridized carbons (Fsp3) is 0.435. The van der Waals surface area contributed by atoms with Crippen molar-refractivity contribution in [3.8, 4) is 5.75 Å². The Morgan fingerprint density at radius 1 is 1.13 bits per heavy atom. The Hall–Kier alpha value is -2.61. The van der Waals surface area contributed by atoms with Crippen molar-refractivity contribution < 1.29 is 23.9 Å². The van der Waals surface area contributed by atoms with Gasteiger partial charge >= 0.3 is 5.97 Å². The fourth-order valence-corrected chi connectivity index (χ4v) is 5.28. The first-order chi connectivity index (χ1) is 14.6. The molecule has 8 heteroatoms. The number of ether oxygens (including phenoxy) is 2. The summed E-state index contributed by atoms with van der Waals surface area (Å²) >= 11 is 3.45. The third-order valence-corrected chi connectivity index (χ3v) is 7.87. The molecule has 4 rings (SSSR count). The Kier molecular flexibility index (Phi) is 5.04. The van der Waals surface area contributed by atoms with Crippen molar-refractivity contribution in [1.82, 2.24) is 10.9 Å². The molecule has 7 nitrogen and oxygen atoms in total. The van der Waals surface area contributed by atoms with Crippen molar-refractivity contribution in [3.63, 3.8) is 0 Å². The number of hydrazine groups is 1. The van der Waals surface area contributed by atoms with Gasteiger partial charge in [-0.15, -0.1) is 0 Å². The van der Waals surface area contributed by atoms with Gasteiger partial charge in [-0.05, 0) is 48.7 Å². The van der Waals surface area contributed by atoms with E-state index in [1.807, 2.05) is 51.1 Å². The number of benzene rings is 2. The van der Waals surface area contributed by atoms with Gasteiger partial charge in [0.25, 0.3) is 5.91 Å². The second-order valence-electron chi connectivity index (χ2n) is 8.96. The number of rotatable bonds is 4. The highest BCUT2D eigenvalue weighted by Crippen LogP contribution is 2.65. The molecular weight excluding hydrogens is 464 g/mol. The molecule has 2 N–H and O–H groups in total. The molecule has 2 aliphatic rings. The van der Waals surface area contributed by atoms with Crippen LogP contribution >= 0.6 is 15.9 Å². The predicted octanol–water partition coefficient (Wildman–Crippen LogP) is 3.42. The van der Waals surface area contributed by atoms with Gasteiger partial charge in [0.05, 0.1) is 18.9 Å². The highest BCUT2D eigenvalue weighted by Gasteiger charge is 2.75. The summed E-state index contributed by atoms with van der Waals surface area (Å²) in [4.78, 5) is 38.1. The van der Waals surface area contributed by atoms with E-state index in [2.05, 4.69) is 26.8 Å². The van der Waals surface area contributed by atoms with E-state index in [4.69, 9.17) is 9.47 Å². The molecule has 0 spiro atoms. The molecule has 2 aromatic carbocycles. The van der Waals surface area contributed by atoms with E-state index in [0.29, 0.717) is 18.6 Å². The Balaban J connectivity index is 1.51. The number of methoxy groups -OCH3 is 1. The average molecular weight is 489 g/mol. The van der Waals surface area contributed by atoms with Crippen molar-refractivity contribution in [1.29, 1.82) is 0 Å². The second kappa shape index (κ2) is 7.22. The molecule has 2 fully saturated rings. The number of amides is 2. The van der Waals surface area contributed by atoms with Crippen LogP contribution in [0.3, 0.4) is 0 Å². The highest BCUT2D eigenvalue weighted by molar-refractivity contribution is 9.10. The van der Waals surface area contributed by atoms with E-state index in [0.717, 1.165) is 20.8 Å². The molecule has 2 unspecified atom stereocenters. The third kappa shape index (κ3) is 3.03. The maximum absolute atomic E-state index is 13.0. The van der Waals surface area contributed by atoms with Crippen LogP contribution in [-0.4, -0.2) is 30.5 Å². The Morgan fingerprint density at radius 3 is 2.48 bits per heavy atom. The zero-order valence-electron chi connectivity index (χ0n) is 17.9. The number of esters is 1. The number of carbonyl (C=O) groups excluding carboxylic acids is 3. The van der Waals surface area contributed by atoms with Crippen molar-refractivity contribution in [2.75, 3.05) is 7.11 Å². The molecule has 2 aromatic rings. The van der Waals surface area contributed by atoms with Crippen molar-refractivity contribution in [2.45, 2.75) is 45.6 Å². The number of nitrogens with one attached hydrogen (secondary N) is 2. The van der Waals surface area contributed by atoms with Crippen LogP contribution in [0.2, 0.25) is 0 Å². The van der Waals surface area contributed by atoms with Gasteiger partial charge in [0, 0.05) is 15.5 Å². The van der Waals surface area contributed by atoms with Crippen LogP contribution in [0.4, 0.5) is 0 Å². The van der Waals surface area contributed by atoms with Gasteiger partial charge in [0.2, 0.25) is 5.91 Å². The average Bonchev–Trinajstić information content (AvgIpc) is 3.02. The van der Waals surface area contributed by atoms with Crippen LogP contribution in [0.5, 0.6) is 5.75 Å². The van der Waals surface area contributed by atoms with E-state index in [1.165, 1.54) is 0 Å². The van der Waals surface area contributed by atoms with E-state index < -0.39 is 28.2 Å². The molecule has 1 saturated carbocycles. The molecule has 164 valence electrons. The summed E-state index contributed by atoms with van der Waals surface area (Å²) < 4.78 is 11.9. The third-order valence-electron chi connectivity index (χ3n) is 7.37. The molecule has 1 aliphatic heterocycles. The summed E-state index contributed by atoms with van der Waals surface area (Å²) in [6.07, 6.45) is 1.01. The zero-order valence-corrected chi connectivity index (χ0v) is 19.5. The second-order valence-corrected chi connectivity index (χ2v) is 9.88. The lowest BCUT2D eigenvalue weighted by Crippen LogP contribution is -2.57. The maximum Gasteiger partial charge on any atom is 0.313 e. The monoisotopic (exact) mass is 488 g/mol. The molecule has 2 amide bonds.